The maximum Gasteiger partial charge on any atom is 0.202 e. The maximum absolute atomic E-state index is 5.82. The molecule has 0 radical (unpaired) electrons. The van der Waals surface area contributed by atoms with Gasteiger partial charge in [0.2, 0.25) is 5.11 Å². The number of amidine groups is 1. The second kappa shape index (κ2) is 8.27. The fourth-order valence-corrected chi connectivity index (χ4v) is 5.34. The Labute approximate surface area is 191 Å². The lowest BCUT2D eigenvalue weighted by molar-refractivity contribution is 0.158. The molecule has 2 aliphatic rings. The Morgan fingerprint density at radius 2 is 1.65 bits per heavy atom. The molecule has 0 atom stereocenters. The molecule has 5 heteroatoms. The lowest BCUT2D eigenvalue weighted by Crippen LogP contribution is -2.56. The molecule has 4 nitrogen and oxygen atoms in total. The first-order valence-corrected chi connectivity index (χ1v) is 11.5. The molecule has 0 amide bonds. The number of anilines is 2. The highest BCUT2D eigenvalue weighted by Gasteiger charge is 2.51. The van der Waals surface area contributed by atoms with E-state index in [0.717, 1.165) is 48.6 Å². The molecule has 0 unspecified atom stereocenters. The molecule has 1 N–H and O–H groups in total. The number of ether oxygens (including phenoxy) is 1. The standard InChI is InChI=1S/C26H33N3OS/c1-18-6-8-20(9-7-18)27-23-26(16-14-19(15-17-26)25(2,3)4)29(24(31)28-23)21-10-12-22(30-5)13-11-21/h6-13,19H,14-17H2,1-5H3,(H,27,28,31). The Balaban J connectivity index is 1.69. The largest absolute Gasteiger partial charge is 0.497 e. The number of methoxy groups -OCH3 is 1. The zero-order chi connectivity index (χ0) is 22.2. The molecule has 1 heterocycles. The number of hydrogen-bond donors (Lipinski definition) is 1. The summed E-state index contributed by atoms with van der Waals surface area (Å²) in [6.07, 6.45) is 4.37. The van der Waals surface area contributed by atoms with Crippen LogP contribution in [0.15, 0.2) is 53.5 Å². The highest BCUT2D eigenvalue weighted by atomic mass is 32.1. The summed E-state index contributed by atoms with van der Waals surface area (Å²) in [5.74, 6) is 2.52. The fraction of sp³-hybridized carbons (Fsp3) is 0.462. The van der Waals surface area contributed by atoms with Crippen LogP contribution in [-0.2, 0) is 0 Å². The second-order valence-corrected chi connectivity index (χ2v) is 10.3. The van der Waals surface area contributed by atoms with Crippen molar-refractivity contribution in [3.8, 4) is 5.75 Å². The first kappa shape index (κ1) is 21.8. The highest BCUT2D eigenvalue weighted by Crippen LogP contribution is 2.48. The minimum Gasteiger partial charge on any atom is -0.497 e. The summed E-state index contributed by atoms with van der Waals surface area (Å²) in [6.45, 7) is 9.17. The van der Waals surface area contributed by atoms with Gasteiger partial charge >= 0.3 is 0 Å². The van der Waals surface area contributed by atoms with Crippen molar-refractivity contribution in [3.05, 3.63) is 54.1 Å². The van der Waals surface area contributed by atoms with E-state index in [1.165, 1.54) is 5.56 Å². The number of aliphatic imine (C=N–C) groups is 1. The third-order valence-electron chi connectivity index (χ3n) is 6.95. The molecule has 4 rings (SSSR count). The SMILES string of the molecule is COc1ccc(N2C(=S)N=C(Nc3ccc(C)cc3)C23CCC(C(C)(C)C)CC3)cc1. The van der Waals surface area contributed by atoms with Gasteiger partial charge in [-0.1, -0.05) is 38.5 Å². The second-order valence-electron chi connectivity index (χ2n) is 9.94. The van der Waals surface area contributed by atoms with Crippen LogP contribution >= 0.6 is 12.2 Å². The third-order valence-corrected chi connectivity index (χ3v) is 7.22. The Morgan fingerprint density at radius 3 is 2.19 bits per heavy atom. The Morgan fingerprint density at radius 1 is 1.03 bits per heavy atom. The zero-order valence-electron chi connectivity index (χ0n) is 19.2. The van der Waals surface area contributed by atoms with Crippen LogP contribution in [0.2, 0.25) is 0 Å². The molecule has 1 aliphatic carbocycles. The molecule has 164 valence electrons. The molecule has 1 spiro atoms. The van der Waals surface area contributed by atoms with Crippen LogP contribution in [0.3, 0.4) is 0 Å². The van der Waals surface area contributed by atoms with Gasteiger partial charge in [-0.3, -0.25) is 0 Å². The van der Waals surface area contributed by atoms with Gasteiger partial charge in [-0.15, -0.1) is 0 Å². The molecule has 2 aromatic carbocycles. The van der Waals surface area contributed by atoms with Gasteiger partial charge in [-0.25, -0.2) is 4.99 Å². The quantitative estimate of drug-likeness (QED) is 0.552. The predicted molar refractivity (Wildman–Crippen MR) is 134 cm³/mol. The molecular formula is C26H33N3OS. The van der Waals surface area contributed by atoms with E-state index in [4.69, 9.17) is 21.9 Å². The molecule has 1 fully saturated rings. The van der Waals surface area contributed by atoms with E-state index >= 15 is 0 Å². The van der Waals surface area contributed by atoms with Crippen LogP contribution in [0, 0.1) is 18.3 Å². The average Bonchev–Trinajstić information content (AvgIpc) is 3.00. The van der Waals surface area contributed by atoms with Crippen molar-refractivity contribution in [1.82, 2.24) is 0 Å². The van der Waals surface area contributed by atoms with E-state index in [1.54, 1.807) is 7.11 Å². The van der Waals surface area contributed by atoms with Crippen molar-refractivity contribution in [2.24, 2.45) is 16.3 Å². The van der Waals surface area contributed by atoms with Crippen molar-refractivity contribution < 1.29 is 4.74 Å². The van der Waals surface area contributed by atoms with Gasteiger partial charge in [-0.05, 0) is 92.6 Å². The van der Waals surface area contributed by atoms with Crippen LogP contribution in [0.4, 0.5) is 11.4 Å². The average molecular weight is 436 g/mol. The number of hydrogen-bond acceptors (Lipinski definition) is 3. The smallest absolute Gasteiger partial charge is 0.202 e. The van der Waals surface area contributed by atoms with Crippen molar-refractivity contribution >= 4 is 34.5 Å². The van der Waals surface area contributed by atoms with Crippen molar-refractivity contribution in [2.75, 3.05) is 17.3 Å². The molecule has 2 aromatic rings. The van der Waals surface area contributed by atoms with Crippen molar-refractivity contribution in [3.63, 3.8) is 0 Å². The molecule has 0 aromatic heterocycles. The number of aryl methyl sites for hydroxylation is 1. The number of thiocarbonyl (C=S) groups is 1. The van der Waals surface area contributed by atoms with Gasteiger partial charge in [0.15, 0.2) is 0 Å². The van der Waals surface area contributed by atoms with E-state index in [0.29, 0.717) is 16.4 Å². The maximum atomic E-state index is 5.82. The van der Waals surface area contributed by atoms with Crippen LogP contribution < -0.4 is 15.0 Å². The Bertz CT molecular complexity index is 965. The van der Waals surface area contributed by atoms with Crippen molar-refractivity contribution in [2.45, 2.75) is 58.9 Å². The topological polar surface area (TPSA) is 36.9 Å². The monoisotopic (exact) mass is 435 g/mol. The number of nitrogens with one attached hydrogen (secondary N) is 1. The minimum absolute atomic E-state index is 0.238. The van der Waals surface area contributed by atoms with Crippen molar-refractivity contribution in [1.29, 1.82) is 0 Å². The van der Waals surface area contributed by atoms with Crippen LogP contribution in [0.5, 0.6) is 5.75 Å². The first-order chi connectivity index (χ1) is 14.7. The first-order valence-electron chi connectivity index (χ1n) is 11.1. The van der Waals surface area contributed by atoms with Gasteiger partial charge in [0.05, 0.1) is 7.11 Å². The lowest BCUT2D eigenvalue weighted by atomic mass is 9.66. The molecular weight excluding hydrogens is 402 g/mol. The van der Waals surface area contributed by atoms with E-state index in [9.17, 15) is 0 Å². The highest BCUT2D eigenvalue weighted by molar-refractivity contribution is 7.80. The summed E-state index contributed by atoms with van der Waals surface area (Å²) in [5.41, 5.74) is 3.45. The van der Waals surface area contributed by atoms with Crippen LogP contribution in [0.25, 0.3) is 0 Å². The molecule has 31 heavy (non-hydrogen) atoms. The van der Waals surface area contributed by atoms with Crippen LogP contribution in [-0.4, -0.2) is 23.6 Å². The number of benzene rings is 2. The van der Waals surface area contributed by atoms with E-state index in [2.05, 4.69) is 74.3 Å². The Hall–Kier alpha value is -2.40. The van der Waals surface area contributed by atoms with Gasteiger partial charge in [0.1, 0.15) is 17.1 Å². The lowest BCUT2D eigenvalue weighted by Gasteiger charge is -2.47. The molecule has 1 aliphatic heterocycles. The summed E-state index contributed by atoms with van der Waals surface area (Å²) in [5, 5.41) is 4.26. The normalized spacial score (nSPS) is 23.8. The zero-order valence-corrected chi connectivity index (χ0v) is 20.1. The fourth-order valence-electron chi connectivity index (χ4n) is 4.97. The van der Waals surface area contributed by atoms with Gasteiger partial charge in [-0.2, -0.15) is 0 Å². The van der Waals surface area contributed by atoms with E-state index in [-0.39, 0.29) is 5.54 Å². The number of nitrogens with zero attached hydrogens (tertiary/aromatic N) is 2. The summed E-state index contributed by atoms with van der Waals surface area (Å²) in [6, 6.07) is 16.7. The van der Waals surface area contributed by atoms with Gasteiger partial charge in [0, 0.05) is 11.4 Å². The summed E-state index contributed by atoms with van der Waals surface area (Å²) in [4.78, 5) is 7.18. The molecule has 0 saturated heterocycles. The summed E-state index contributed by atoms with van der Waals surface area (Å²) in [7, 11) is 1.69. The summed E-state index contributed by atoms with van der Waals surface area (Å²) >= 11 is 5.82. The van der Waals surface area contributed by atoms with Gasteiger partial charge in [0.25, 0.3) is 0 Å². The minimum atomic E-state index is -0.238. The van der Waals surface area contributed by atoms with Gasteiger partial charge < -0.3 is 15.0 Å². The Kier molecular flexibility index (Phi) is 5.82. The predicted octanol–water partition coefficient (Wildman–Crippen LogP) is 6.59. The number of rotatable bonds is 3. The molecule has 1 saturated carbocycles. The van der Waals surface area contributed by atoms with E-state index < -0.39 is 0 Å². The third kappa shape index (κ3) is 4.20. The van der Waals surface area contributed by atoms with E-state index in [1.807, 2.05) is 12.1 Å². The van der Waals surface area contributed by atoms with Crippen LogP contribution in [0.1, 0.15) is 52.0 Å². The molecule has 0 bridgehead atoms. The summed E-state index contributed by atoms with van der Waals surface area (Å²) < 4.78 is 5.36.